The Morgan fingerprint density at radius 1 is 0.950 bits per heavy atom. The first-order valence-electron chi connectivity index (χ1n) is 8.28. The summed E-state index contributed by atoms with van der Waals surface area (Å²) in [5.41, 5.74) is 4.27. The van der Waals surface area contributed by atoms with Crippen LogP contribution in [0.5, 0.6) is 0 Å². The lowest BCUT2D eigenvalue weighted by Gasteiger charge is -2.30. The molecule has 2 aliphatic carbocycles. The van der Waals surface area contributed by atoms with Crippen molar-refractivity contribution in [2.24, 2.45) is 5.92 Å². The number of hydrogen-bond acceptors (Lipinski definition) is 1. The highest BCUT2D eigenvalue weighted by Gasteiger charge is 2.26. The number of aliphatic hydroxyl groups is 1. The molecule has 1 aromatic rings. The second kappa shape index (κ2) is 6.58. The number of hydrogen-bond donors (Lipinski definition) is 1. The predicted molar refractivity (Wildman–Crippen MR) is 83.7 cm³/mol. The van der Waals surface area contributed by atoms with Crippen LogP contribution >= 0.6 is 0 Å². The molecule has 2 aliphatic rings. The monoisotopic (exact) mass is 270 g/mol. The van der Waals surface area contributed by atoms with Crippen molar-refractivity contribution in [1.29, 1.82) is 0 Å². The topological polar surface area (TPSA) is 20.2 Å². The molecule has 0 amide bonds. The summed E-state index contributed by atoms with van der Waals surface area (Å²) in [4.78, 5) is 0. The fraction of sp³-hybridized carbons (Fsp3) is 0.579. The van der Waals surface area contributed by atoms with E-state index < -0.39 is 0 Å². The van der Waals surface area contributed by atoms with E-state index in [1.165, 1.54) is 42.4 Å². The van der Waals surface area contributed by atoms with Gasteiger partial charge in [-0.25, -0.2) is 0 Å². The molecule has 1 N–H and O–H groups in total. The van der Waals surface area contributed by atoms with Gasteiger partial charge in [0.05, 0.1) is 6.10 Å². The van der Waals surface area contributed by atoms with Crippen LogP contribution in [0.25, 0.3) is 0 Å². The lowest BCUT2D eigenvalue weighted by Crippen LogP contribution is -2.28. The first-order valence-corrected chi connectivity index (χ1v) is 8.28. The number of fused-ring (bicyclic) bond motifs is 1. The van der Waals surface area contributed by atoms with Crippen molar-refractivity contribution in [2.45, 2.75) is 63.9 Å². The zero-order valence-electron chi connectivity index (χ0n) is 12.4. The normalized spacial score (nSPS) is 27.6. The zero-order chi connectivity index (χ0) is 13.8. The average molecular weight is 270 g/mol. The van der Waals surface area contributed by atoms with Crippen LogP contribution in [-0.2, 0) is 12.8 Å². The minimum atomic E-state index is -0.207. The fourth-order valence-electron chi connectivity index (χ4n) is 3.78. The lowest BCUT2D eigenvalue weighted by molar-refractivity contribution is 0.127. The van der Waals surface area contributed by atoms with Gasteiger partial charge in [0.1, 0.15) is 0 Å². The molecule has 0 bridgehead atoms. The molecule has 1 nitrogen and oxygen atoms in total. The summed E-state index contributed by atoms with van der Waals surface area (Å²) < 4.78 is 0. The van der Waals surface area contributed by atoms with Crippen molar-refractivity contribution in [3.63, 3.8) is 0 Å². The molecule has 1 aromatic carbocycles. The molecule has 0 heterocycles. The maximum absolute atomic E-state index is 10.8. The summed E-state index contributed by atoms with van der Waals surface area (Å²) in [6.45, 7) is 0. The van der Waals surface area contributed by atoms with E-state index >= 15 is 0 Å². The summed E-state index contributed by atoms with van der Waals surface area (Å²) in [6, 6.07) is 8.74. The van der Waals surface area contributed by atoms with Gasteiger partial charge in [0.15, 0.2) is 0 Å². The first-order chi connectivity index (χ1) is 9.84. The molecule has 108 valence electrons. The first kappa shape index (κ1) is 13.9. The molecule has 0 aliphatic heterocycles. The standard InChI is InChI=1S/C19H26O/c20-19(16-9-4-2-1-3-5-10-16)18-13-12-15-8-6-7-11-17(15)14-18/h6-9,11,18-20H,1-5,10,12-14H2/b16-9+. The maximum Gasteiger partial charge on any atom is 0.0781 e. The van der Waals surface area contributed by atoms with Crippen LogP contribution in [0.1, 0.15) is 56.1 Å². The van der Waals surface area contributed by atoms with Gasteiger partial charge in [0, 0.05) is 0 Å². The van der Waals surface area contributed by atoms with Crippen LogP contribution in [0.4, 0.5) is 0 Å². The predicted octanol–water partition coefficient (Wildman–Crippen LogP) is 4.43. The van der Waals surface area contributed by atoms with E-state index in [4.69, 9.17) is 0 Å². The molecule has 0 aromatic heterocycles. The van der Waals surface area contributed by atoms with E-state index in [9.17, 15) is 5.11 Å². The number of benzene rings is 1. The third kappa shape index (κ3) is 3.15. The highest BCUT2D eigenvalue weighted by molar-refractivity contribution is 5.30. The summed E-state index contributed by atoms with van der Waals surface area (Å²) in [5, 5.41) is 10.8. The van der Waals surface area contributed by atoms with Crippen molar-refractivity contribution in [3.05, 3.63) is 47.0 Å². The largest absolute Gasteiger partial charge is 0.388 e. The van der Waals surface area contributed by atoms with E-state index in [2.05, 4.69) is 30.3 Å². The second-order valence-electron chi connectivity index (χ2n) is 6.45. The van der Waals surface area contributed by atoms with Gasteiger partial charge in [-0.15, -0.1) is 0 Å². The van der Waals surface area contributed by atoms with E-state index in [0.29, 0.717) is 5.92 Å². The van der Waals surface area contributed by atoms with Crippen molar-refractivity contribution in [2.75, 3.05) is 0 Å². The van der Waals surface area contributed by atoms with Gasteiger partial charge in [-0.05, 0) is 67.6 Å². The average Bonchev–Trinajstić information content (AvgIpc) is 2.46. The summed E-state index contributed by atoms with van der Waals surface area (Å²) in [7, 11) is 0. The minimum Gasteiger partial charge on any atom is -0.388 e. The highest BCUT2D eigenvalue weighted by atomic mass is 16.3. The second-order valence-corrected chi connectivity index (χ2v) is 6.45. The number of aryl methyl sites for hydroxylation is 1. The van der Waals surface area contributed by atoms with Gasteiger partial charge in [-0.2, -0.15) is 0 Å². The molecule has 1 heteroatoms. The Kier molecular flexibility index (Phi) is 4.57. The Morgan fingerprint density at radius 3 is 2.65 bits per heavy atom. The van der Waals surface area contributed by atoms with Crippen molar-refractivity contribution >= 4 is 0 Å². The van der Waals surface area contributed by atoms with E-state index in [0.717, 1.165) is 32.1 Å². The third-order valence-corrected chi connectivity index (χ3v) is 5.04. The Labute approximate surface area is 122 Å². The molecular formula is C19H26O. The van der Waals surface area contributed by atoms with Gasteiger partial charge < -0.3 is 5.11 Å². The molecule has 0 saturated heterocycles. The molecule has 2 unspecified atom stereocenters. The summed E-state index contributed by atoms with van der Waals surface area (Å²) in [6.07, 6.45) is 13.0. The quantitative estimate of drug-likeness (QED) is 0.788. The van der Waals surface area contributed by atoms with Crippen LogP contribution < -0.4 is 0 Å². The highest BCUT2D eigenvalue weighted by Crippen LogP contribution is 2.32. The van der Waals surface area contributed by atoms with Crippen molar-refractivity contribution in [1.82, 2.24) is 0 Å². The SMILES string of the molecule is OC(/C1=C/CCCCCC1)C1CCc2ccccc2C1. The summed E-state index contributed by atoms with van der Waals surface area (Å²) in [5.74, 6) is 0.426. The van der Waals surface area contributed by atoms with E-state index in [1.807, 2.05) is 0 Å². The van der Waals surface area contributed by atoms with Crippen LogP contribution in [0.15, 0.2) is 35.9 Å². The molecule has 20 heavy (non-hydrogen) atoms. The zero-order valence-corrected chi connectivity index (χ0v) is 12.4. The molecular weight excluding hydrogens is 244 g/mol. The lowest BCUT2D eigenvalue weighted by atomic mass is 9.78. The molecule has 0 saturated carbocycles. The van der Waals surface area contributed by atoms with Gasteiger partial charge in [-0.3, -0.25) is 0 Å². The Bertz CT molecular complexity index is 474. The summed E-state index contributed by atoms with van der Waals surface area (Å²) >= 11 is 0. The van der Waals surface area contributed by atoms with Crippen LogP contribution in [0.3, 0.4) is 0 Å². The van der Waals surface area contributed by atoms with E-state index in [-0.39, 0.29) is 6.10 Å². The molecule has 0 fully saturated rings. The van der Waals surface area contributed by atoms with Gasteiger partial charge in [-0.1, -0.05) is 43.2 Å². The molecule has 0 spiro atoms. The Hall–Kier alpha value is -1.08. The molecule has 3 rings (SSSR count). The van der Waals surface area contributed by atoms with Gasteiger partial charge in [0.2, 0.25) is 0 Å². The van der Waals surface area contributed by atoms with Crippen LogP contribution in [-0.4, -0.2) is 11.2 Å². The third-order valence-electron chi connectivity index (χ3n) is 5.04. The van der Waals surface area contributed by atoms with Crippen LogP contribution in [0, 0.1) is 5.92 Å². The number of allylic oxidation sites excluding steroid dienone is 1. The smallest absolute Gasteiger partial charge is 0.0781 e. The number of aliphatic hydroxyl groups excluding tert-OH is 1. The van der Waals surface area contributed by atoms with Crippen molar-refractivity contribution in [3.8, 4) is 0 Å². The number of rotatable bonds is 2. The maximum atomic E-state index is 10.8. The van der Waals surface area contributed by atoms with E-state index in [1.54, 1.807) is 0 Å². The molecule has 2 atom stereocenters. The van der Waals surface area contributed by atoms with Gasteiger partial charge >= 0.3 is 0 Å². The van der Waals surface area contributed by atoms with Crippen molar-refractivity contribution < 1.29 is 5.11 Å². The van der Waals surface area contributed by atoms with Crippen LogP contribution in [0.2, 0.25) is 0 Å². The minimum absolute atomic E-state index is 0.207. The Morgan fingerprint density at radius 2 is 1.75 bits per heavy atom. The fourth-order valence-corrected chi connectivity index (χ4v) is 3.78. The van der Waals surface area contributed by atoms with Gasteiger partial charge in [0.25, 0.3) is 0 Å². The Balaban J connectivity index is 1.70. The molecule has 0 radical (unpaired) electrons.